The first-order valence-electron chi connectivity index (χ1n) is 9.12. The van der Waals surface area contributed by atoms with E-state index in [0.717, 1.165) is 5.56 Å². The molecule has 0 saturated heterocycles. The second kappa shape index (κ2) is 7.66. The molecular weight excluding hydrogens is 356 g/mol. The van der Waals surface area contributed by atoms with Gasteiger partial charge in [0, 0.05) is 25.9 Å². The van der Waals surface area contributed by atoms with E-state index in [1.165, 1.54) is 4.40 Å². The van der Waals surface area contributed by atoms with Gasteiger partial charge in [0.15, 0.2) is 0 Å². The van der Waals surface area contributed by atoms with Crippen LogP contribution in [-0.2, 0) is 6.54 Å². The van der Waals surface area contributed by atoms with Gasteiger partial charge in [0.2, 0.25) is 0 Å². The Hall–Kier alpha value is -3.45. The van der Waals surface area contributed by atoms with E-state index >= 15 is 0 Å². The molecule has 4 aromatic rings. The largest absolute Gasteiger partial charge is 0.396 e. The van der Waals surface area contributed by atoms with Crippen LogP contribution in [0.1, 0.15) is 22.5 Å². The van der Waals surface area contributed by atoms with Crippen molar-refractivity contribution in [1.82, 2.24) is 19.3 Å². The third-order valence-electron chi connectivity index (χ3n) is 4.61. The molecule has 0 bridgehead atoms. The van der Waals surface area contributed by atoms with Gasteiger partial charge in [-0.2, -0.15) is 0 Å². The molecular formula is C21H20N4O3. The Morgan fingerprint density at radius 1 is 1.11 bits per heavy atom. The van der Waals surface area contributed by atoms with Crippen molar-refractivity contribution in [3.8, 4) is 0 Å². The fraction of sp³-hybridized carbons (Fsp3) is 0.190. The molecule has 2 N–H and O–H groups in total. The average molecular weight is 376 g/mol. The van der Waals surface area contributed by atoms with Crippen molar-refractivity contribution < 1.29 is 9.90 Å². The van der Waals surface area contributed by atoms with Crippen molar-refractivity contribution in [2.75, 3.05) is 13.2 Å². The third-order valence-corrected chi connectivity index (χ3v) is 4.61. The highest BCUT2D eigenvalue weighted by Crippen LogP contribution is 2.18. The molecule has 3 aromatic heterocycles. The van der Waals surface area contributed by atoms with E-state index in [2.05, 4.69) is 10.3 Å². The monoisotopic (exact) mass is 376 g/mol. The van der Waals surface area contributed by atoms with Crippen LogP contribution in [0.4, 0.5) is 0 Å². The van der Waals surface area contributed by atoms with Crippen molar-refractivity contribution in [1.29, 1.82) is 0 Å². The van der Waals surface area contributed by atoms with Gasteiger partial charge in [0.05, 0.1) is 5.39 Å². The Bertz CT molecular complexity index is 1190. The highest BCUT2D eigenvalue weighted by Gasteiger charge is 2.19. The minimum Gasteiger partial charge on any atom is -0.396 e. The first-order valence-corrected chi connectivity index (χ1v) is 9.12. The molecule has 0 unspecified atom stereocenters. The molecule has 0 aliphatic carbocycles. The summed E-state index contributed by atoms with van der Waals surface area (Å²) in [6.45, 7) is 0.778. The molecule has 0 radical (unpaired) electrons. The first kappa shape index (κ1) is 17.9. The second-order valence-corrected chi connectivity index (χ2v) is 6.52. The number of hydrogen-bond acceptors (Lipinski definition) is 4. The minimum atomic E-state index is -0.296. The molecule has 142 valence electrons. The van der Waals surface area contributed by atoms with Gasteiger partial charge in [-0.1, -0.05) is 36.4 Å². The van der Waals surface area contributed by atoms with Crippen LogP contribution >= 0.6 is 0 Å². The Morgan fingerprint density at radius 2 is 1.89 bits per heavy atom. The summed E-state index contributed by atoms with van der Waals surface area (Å²) in [7, 11) is 0. The van der Waals surface area contributed by atoms with Crippen molar-refractivity contribution in [3.63, 3.8) is 0 Å². The number of aliphatic hydroxyl groups excluding tert-OH is 1. The Kier molecular flexibility index (Phi) is 4.90. The smallest absolute Gasteiger partial charge is 0.268 e. The Labute approximate surface area is 160 Å². The zero-order chi connectivity index (χ0) is 19.5. The van der Waals surface area contributed by atoms with Gasteiger partial charge in [0.25, 0.3) is 11.5 Å². The number of benzene rings is 1. The van der Waals surface area contributed by atoms with E-state index in [9.17, 15) is 9.59 Å². The van der Waals surface area contributed by atoms with E-state index in [1.807, 2.05) is 36.4 Å². The maximum Gasteiger partial charge on any atom is 0.268 e. The number of pyridine rings is 1. The van der Waals surface area contributed by atoms with Gasteiger partial charge in [-0.15, -0.1) is 0 Å². The average Bonchev–Trinajstić information content (AvgIpc) is 3.08. The third kappa shape index (κ3) is 3.27. The van der Waals surface area contributed by atoms with Gasteiger partial charge in [-0.3, -0.25) is 14.0 Å². The van der Waals surface area contributed by atoms with Crippen LogP contribution in [0.25, 0.3) is 16.7 Å². The lowest BCUT2D eigenvalue weighted by atomic mass is 10.2. The molecule has 0 saturated carbocycles. The Balaban J connectivity index is 1.89. The summed E-state index contributed by atoms with van der Waals surface area (Å²) in [5, 5.41) is 12.1. The predicted molar refractivity (Wildman–Crippen MR) is 107 cm³/mol. The number of amides is 1. The number of hydrogen-bond donors (Lipinski definition) is 2. The number of nitrogens with one attached hydrogen (secondary N) is 1. The summed E-state index contributed by atoms with van der Waals surface area (Å²) in [4.78, 5) is 30.3. The normalized spacial score (nSPS) is 11.2. The van der Waals surface area contributed by atoms with Gasteiger partial charge >= 0.3 is 0 Å². The molecule has 4 rings (SSSR count). The van der Waals surface area contributed by atoms with Gasteiger partial charge in [-0.05, 0) is 30.2 Å². The fourth-order valence-electron chi connectivity index (χ4n) is 3.24. The van der Waals surface area contributed by atoms with Crippen LogP contribution < -0.4 is 10.9 Å². The molecule has 0 atom stereocenters. The molecule has 7 heteroatoms. The second-order valence-electron chi connectivity index (χ2n) is 6.52. The van der Waals surface area contributed by atoms with Crippen molar-refractivity contribution in [2.24, 2.45) is 0 Å². The number of carbonyl (C=O) groups is 1. The number of rotatable bonds is 6. The minimum absolute atomic E-state index is 0.00156. The quantitative estimate of drug-likeness (QED) is 0.502. The topological polar surface area (TPSA) is 88.6 Å². The fourth-order valence-corrected chi connectivity index (χ4v) is 3.24. The lowest BCUT2D eigenvalue weighted by molar-refractivity contribution is 0.0942. The number of carbonyl (C=O) groups excluding carboxylic acids is 1. The maximum absolute atomic E-state index is 12.9. The molecule has 1 amide bonds. The molecule has 3 heterocycles. The van der Waals surface area contributed by atoms with Crippen LogP contribution in [0, 0.1) is 0 Å². The lowest BCUT2D eigenvalue weighted by Crippen LogP contribution is -2.27. The summed E-state index contributed by atoms with van der Waals surface area (Å²) < 4.78 is 3.25. The van der Waals surface area contributed by atoms with Crippen LogP contribution in [0.2, 0.25) is 0 Å². The molecule has 0 spiro atoms. The molecule has 7 nitrogen and oxygen atoms in total. The standard InChI is InChI=1S/C21H20N4O3/c26-12-6-10-22-20(27)17-13-16-19(25(17)14-15-7-2-1-3-8-15)23-18-9-4-5-11-24(18)21(16)28/h1-5,7-9,11,13,26H,6,10,12,14H2,(H,22,27). The molecule has 0 fully saturated rings. The lowest BCUT2D eigenvalue weighted by Gasteiger charge is -2.11. The highest BCUT2D eigenvalue weighted by molar-refractivity contribution is 5.98. The van der Waals surface area contributed by atoms with E-state index < -0.39 is 0 Å². The van der Waals surface area contributed by atoms with Crippen molar-refractivity contribution >= 4 is 22.6 Å². The van der Waals surface area contributed by atoms with E-state index in [4.69, 9.17) is 5.11 Å². The van der Waals surface area contributed by atoms with Crippen LogP contribution in [0.15, 0.2) is 65.6 Å². The van der Waals surface area contributed by atoms with E-state index in [-0.39, 0.29) is 18.1 Å². The summed E-state index contributed by atoms with van der Waals surface area (Å²) in [5.41, 5.74) is 2.17. The first-order chi connectivity index (χ1) is 13.7. The van der Waals surface area contributed by atoms with E-state index in [0.29, 0.717) is 41.9 Å². The van der Waals surface area contributed by atoms with Gasteiger partial charge in [0.1, 0.15) is 17.0 Å². The Morgan fingerprint density at radius 3 is 2.68 bits per heavy atom. The number of fused-ring (bicyclic) bond motifs is 2. The van der Waals surface area contributed by atoms with Crippen molar-refractivity contribution in [3.05, 3.63) is 82.4 Å². The molecule has 0 aliphatic rings. The number of nitrogens with zero attached hydrogens (tertiary/aromatic N) is 3. The molecule has 0 aliphatic heterocycles. The summed E-state index contributed by atoms with van der Waals surface area (Å²) in [6.07, 6.45) is 2.13. The summed E-state index contributed by atoms with van der Waals surface area (Å²) >= 11 is 0. The SMILES string of the molecule is O=C(NCCCO)c1cc2c(=O)n3ccccc3nc2n1Cc1ccccc1. The molecule has 28 heavy (non-hydrogen) atoms. The summed E-state index contributed by atoms with van der Waals surface area (Å²) in [5.74, 6) is -0.296. The number of aliphatic hydroxyl groups is 1. The number of aromatic nitrogens is 3. The molecule has 1 aromatic carbocycles. The zero-order valence-electron chi connectivity index (χ0n) is 15.2. The van der Waals surface area contributed by atoms with Crippen LogP contribution in [0.3, 0.4) is 0 Å². The highest BCUT2D eigenvalue weighted by atomic mass is 16.3. The summed E-state index contributed by atoms with van der Waals surface area (Å²) in [6, 6.07) is 16.7. The van der Waals surface area contributed by atoms with E-state index in [1.54, 1.807) is 29.0 Å². The maximum atomic E-state index is 12.9. The van der Waals surface area contributed by atoms with Gasteiger partial charge in [-0.25, -0.2) is 4.98 Å². The van der Waals surface area contributed by atoms with Crippen LogP contribution in [-0.4, -0.2) is 38.1 Å². The van der Waals surface area contributed by atoms with Gasteiger partial charge < -0.3 is 15.0 Å². The van der Waals surface area contributed by atoms with Crippen molar-refractivity contribution in [2.45, 2.75) is 13.0 Å². The zero-order valence-corrected chi connectivity index (χ0v) is 15.2. The van der Waals surface area contributed by atoms with Crippen LogP contribution in [0.5, 0.6) is 0 Å². The predicted octanol–water partition coefficient (Wildman–Crippen LogP) is 1.81.